The van der Waals surface area contributed by atoms with E-state index < -0.39 is 0 Å². The van der Waals surface area contributed by atoms with Crippen molar-refractivity contribution in [3.05, 3.63) is 51.4 Å². The molecule has 2 aromatic rings. The van der Waals surface area contributed by atoms with Gasteiger partial charge in [0.2, 0.25) is 0 Å². The molecule has 1 aromatic heterocycles. The second-order valence-electron chi connectivity index (χ2n) is 5.90. The van der Waals surface area contributed by atoms with Crippen molar-refractivity contribution >= 4 is 17.4 Å². The Morgan fingerprint density at radius 3 is 2.50 bits per heavy atom. The van der Waals surface area contributed by atoms with Gasteiger partial charge in [-0.3, -0.25) is 0 Å². The van der Waals surface area contributed by atoms with Crippen LogP contribution in [-0.4, -0.2) is 5.11 Å². The predicted octanol–water partition coefficient (Wildman–Crippen LogP) is 6.79. The summed E-state index contributed by atoms with van der Waals surface area (Å²) in [6.45, 7) is 6.62. The molecule has 1 N–H and O–H groups in total. The molecule has 1 nitrogen and oxygen atoms in total. The summed E-state index contributed by atoms with van der Waals surface area (Å²) >= 11 is 1.73. The highest BCUT2D eigenvalue weighted by Gasteiger charge is 2.33. The SMILES string of the molecule is C.CCC(CC)C1C(O)=Cc2ccc(C)c(-c3ccsc3)c21. The van der Waals surface area contributed by atoms with Crippen molar-refractivity contribution in [2.45, 2.75) is 47.0 Å². The molecule has 3 rings (SSSR count). The van der Waals surface area contributed by atoms with Gasteiger partial charge in [0.1, 0.15) is 5.76 Å². The molecule has 1 atom stereocenters. The van der Waals surface area contributed by atoms with Crippen LogP contribution in [0.1, 0.15) is 56.7 Å². The van der Waals surface area contributed by atoms with Crippen molar-refractivity contribution in [3.8, 4) is 11.1 Å². The Morgan fingerprint density at radius 2 is 1.91 bits per heavy atom. The maximum Gasteiger partial charge on any atom is 0.101 e. The Bertz CT molecular complexity index is 663. The van der Waals surface area contributed by atoms with E-state index in [0.717, 1.165) is 12.8 Å². The number of fused-ring (bicyclic) bond motifs is 1. The molecule has 0 aliphatic heterocycles. The highest BCUT2D eigenvalue weighted by Crippen LogP contribution is 2.48. The lowest BCUT2D eigenvalue weighted by Gasteiger charge is -2.25. The lowest BCUT2D eigenvalue weighted by molar-refractivity contribution is 0.313. The lowest BCUT2D eigenvalue weighted by Crippen LogP contribution is -2.13. The molecule has 0 radical (unpaired) electrons. The van der Waals surface area contributed by atoms with Gasteiger partial charge in [-0.25, -0.2) is 0 Å². The minimum Gasteiger partial charge on any atom is -0.512 e. The molecule has 0 spiro atoms. The Balaban J connectivity index is 0.00000176. The van der Waals surface area contributed by atoms with Gasteiger partial charge in [0, 0.05) is 5.92 Å². The molecule has 0 fully saturated rings. The highest BCUT2D eigenvalue weighted by molar-refractivity contribution is 7.08. The van der Waals surface area contributed by atoms with Crippen LogP contribution in [0.15, 0.2) is 34.7 Å². The van der Waals surface area contributed by atoms with E-state index in [1.807, 2.05) is 6.08 Å². The Hall–Kier alpha value is -1.54. The summed E-state index contributed by atoms with van der Waals surface area (Å²) in [5.41, 5.74) is 6.43. The zero-order chi connectivity index (χ0) is 15.0. The zero-order valence-electron chi connectivity index (χ0n) is 12.9. The summed E-state index contributed by atoms with van der Waals surface area (Å²) in [5.74, 6) is 1.20. The molecule has 1 aliphatic rings. The number of aliphatic hydroxyl groups excluding tert-OH is 1. The first kappa shape index (κ1) is 16.8. The van der Waals surface area contributed by atoms with Gasteiger partial charge >= 0.3 is 0 Å². The number of benzene rings is 1. The van der Waals surface area contributed by atoms with Gasteiger partial charge < -0.3 is 5.11 Å². The molecule has 0 amide bonds. The maximum atomic E-state index is 10.5. The number of rotatable bonds is 4. The molecular weight excluding hydrogens is 288 g/mol. The molecule has 2 heteroatoms. The van der Waals surface area contributed by atoms with E-state index in [0.29, 0.717) is 11.7 Å². The molecule has 0 saturated carbocycles. The number of aryl methyl sites for hydroxylation is 1. The average Bonchev–Trinajstić information content (AvgIpc) is 3.09. The fraction of sp³-hybridized carbons (Fsp3) is 0.400. The Morgan fingerprint density at radius 1 is 1.18 bits per heavy atom. The van der Waals surface area contributed by atoms with Crippen molar-refractivity contribution in [3.63, 3.8) is 0 Å². The van der Waals surface area contributed by atoms with Gasteiger partial charge in [-0.15, -0.1) is 0 Å². The van der Waals surface area contributed by atoms with Crippen LogP contribution >= 0.6 is 11.3 Å². The lowest BCUT2D eigenvalue weighted by atomic mass is 9.79. The highest BCUT2D eigenvalue weighted by atomic mass is 32.1. The van der Waals surface area contributed by atoms with Crippen LogP contribution in [0, 0.1) is 12.8 Å². The fourth-order valence-corrected chi connectivity index (χ4v) is 4.28. The number of aliphatic hydroxyl groups is 1. The zero-order valence-corrected chi connectivity index (χ0v) is 13.7. The third-order valence-electron chi connectivity index (χ3n) is 4.75. The first-order chi connectivity index (χ1) is 10.2. The van der Waals surface area contributed by atoms with Crippen LogP contribution < -0.4 is 0 Å². The molecule has 1 aromatic carbocycles. The maximum absolute atomic E-state index is 10.5. The van der Waals surface area contributed by atoms with E-state index in [9.17, 15) is 5.11 Å². The third kappa shape index (κ3) is 2.61. The van der Waals surface area contributed by atoms with Crippen molar-refractivity contribution in [2.75, 3.05) is 0 Å². The van der Waals surface area contributed by atoms with Gasteiger partial charge in [0.15, 0.2) is 0 Å². The largest absolute Gasteiger partial charge is 0.512 e. The van der Waals surface area contributed by atoms with E-state index in [-0.39, 0.29) is 13.3 Å². The minimum absolute atomic E-state index is 0. The van der Waals surface area contributed by atoms with Crippen molar-refractivity contribution in [2.24, 2.45) is 5.92 Å². The standard InChI is InChI=1S/C19H22OS.CH4/c1-4-13(5-2)18-16(20)10-14-7-6-12(3)17(19(14)18)15-8-9-21-11-15;/h6-11,13,18,20H,4-5H2,1-3H3;1H4. The van der Waals surface area contributed by atoms with Crippen molar-refractivity contribution in [1.29, 1.82) is 0 Å². The first-order valence-corrected chi connectivity index (χ1v) is 8.68. The van der Waals surface area contributed by atoms with Crippen LogP contribution in [0.25, 0.3) is 17.2 Å². The van der Waals surface area contributed by atoms with Crippen molar-refractivity contribution in [1.82, 2.24) is 0 Å². The van der Waals surface area contributed by atoms with Gasteiger partial charge in [-0.2, -0.15) is 11.3 Å². The molecule has 22 heavy (non-hydrogen) atoms. The topological polar surface area (TPSA) is 20.2 Å². The smallest absolute Gasteiger partial charge is 0.101 e. The second kappa shape index (κ2) is 6.70. The molecule has 0 saturated heterocycles. The number of thiophene rings is 1. The monoisotopic (exact) mass is 314 g/mol. The third-order valence-corrected chi connectivity index (χ3v) is 5.43. The summed E-state index contributed by atoms with van der Waals surface area (Å²) in [6, 6.07) is 6.51. The van der Waals surface area contributed by atoms with Crippen LogP contribution in [0.5, 0.6) is 0 Å². The van der Waals surface area contributed by atoms with Crippen molar-refractivity contribution < 1.29 is 5.11 Å². The average molecular weight is 314 g/mol. The first-order valence-electron chi connectivity index (χ1n) is 7.74. The van der Waals surface area contributed by atoms with Crippen LogP contribution in [0.4, 0.5) is 0 Å². The minimum atomic E-state index is 0. The molecule has 0 bridgehead atoms. The molecule has 1 unspecified atom stereocenters. The molecular formula is C20H26OS. The number of hydrogen-bond acceptors (Lipinski definition) is 2. The summed E-state index contributed by atoms with van der Waals surface area (Å²) in [7, 11) is 0. The van der Waals surface area contributed by atoms with E-state index in [4.69, 9.17) is 0 Å². The quantitative estimate of drug-likeness (QED) is 0.658. The normalized spacial score (nSPS) is 16.4. The summed E-state index contributed by atoms with van der Waals surface area (Å²) in [5, 5.41) is 14.9. The van der Waals surface area contributed by atoms with Gasteiger partial charge in [0.25, 0.3) is 0 Å². The Kier molecular flexibility index (Phi) is 5.12. The number of allylic oxidation sites excluding steroid dienone is 1. The fourth-order valence-electron chi connectivity index (χ4n) is 3.63. The molecule has 1 heterocycles. The van der Waals surface area contributed by atoms with Crippen LogP contribution in [-0.2, 0) is 0 Å². The summed E-state index contributed by atoms with van der Waals surface area (Å²) in [6.07, 6.45) is 4.15. The van der Waals surface area contributed by atoms with Crippen LogP contribution in [0.2, 0.25) is 0 Å². The van der Waals surface area contributed by atoms with Gasteiger partial charge in [-0.1, -0.05) is 46.2 Å². The Labute approximate surface area is 138 Å². The van der Waals surface area contributed by atoms with E-state index in [2.05, 4.69) is 49.7 Å². The van der Waals surface area contributed by atoms with Gasteiger partial charge in [-0.05, 0) is 63.6 Å². The van der Waals surface area contributed by atoms with E-state index in [1.165, 1.54) is 27.8 Å². The molecule has 118 valence electrons. The predicted molar refractivity (Wildman–Crippen MR) is 98.6 cm³/mol. The second-order valence-corrected chi connectivity index (χ2v) is 6.68. The summed E-state index contributed by atoms with van der Waals surface area (Å²) < 4.78 is 0. The van der Waals surface area contributed by atoms with E-state index in [1.54, 1.807) is 11.3 Å². The van der Waals surface area contributed by atoms with Gasteiger partial charge in [0.05, 0.1) is 0 Å². The summed E-state index contributed by atoms with van der Waals surface area (Å²) in [4.78, 5) is 0. The molecule has 1 aliphatic carbocycles. The van der Waals surface area contributed by atoms with E-state index >= 15 is 0 Å². The van der Waals surface area contributed by atoms with Crippen LogP contribution in [0.3, 0.4) is 0 Å². The number of hydrogen-bond donors (Lipinski definition) is 1.